The van der Waals surface area contributed by atoms with Crippen LogP contribution in [0.4, 0.5) is 0 Å². The summed E-state index contributed by atoms with van der Waals surface area (Å²) in [5.41, 5.74) is 2.18. The number of benzene rings is 2. The SMILES string of the molecule is CC1c2ccccc2OC1C(=O)N(C)CCCCN(C)C(=O)C1Oc2ccccc2C1C. The van der Waals surface area contributed by atoms with E-state index in [-0.39, 0.29) is 23.7 Å². The first-order chi connectivity index (χ1) is 15.4. The fourth-order valence-electron chi connectivity index (χ4n) is 4.61. The molecule has 4 unspecified atom stereocenters. The standard InChI is InChI=1S/C26H32N2O4/c1-17-19-11-5-7-13-21(19)31-23(17)25(29)27(3)15-9-10-16-28(4)26(30)24-18(2)20-12-6-8-14-22(20)32-24/h5-8,11-14,17-18,23-24H,9-10,15-16H2,1-4H3. The fourth-order valence-corrected chi connectivity index (χ4v) is 4.61. The highest BCUT2D eigenvalue weighted by Crippen LogP contribution is 2.39. The van der Waals surface area contributed by atoms with E-state index < -0.39 is 12.2 Å². The smallest absolute Gasteiger partial charge is 0.264 e. The number of unbranched alkanes of at least 4 members (excludes halogenated alkanes) is 1. The molecule has 170 valence electrons. The second kappa shape index (κ2) is 9.23. The molecule has 0 aliphatic carbocycles. The van der Waals surface area contributed by atoms with Crippen molar-refractivity contribution in [3.8, 4) is 11.5 Å². The van der Waals surface area contributed by atoms with Crippen molar-refractivity contribution in [2.24, 2.45) is 0 Å². The van der Waals surface area contributed by atoms with E-state index in [9.17, 15) is 9.59 Å². The lowest BCUT2D eigenvalue weighted by molar-refractivity contribution is -0.138. The topological polar surface area (TPSA) is 59.1 Å². The maximum atomic E-state index is 12.9. The van der Waals surface area contributed by atoms with Gasteiger partial charge in [0.1, 0.15) is 11.5 Å². The maximum Gasteiger partial charge on any atom is 0.264 e. The number of carbonyl (C=O) groups excluding carboxylic acids is 2. The van der Waals surface area contributed by atoms with E-state index in [1.807, 2.05) is 76.5 Å². The van der Waals surface area contributed by atoms with Gasteiger partial charge in [0.15, 0.2) is 12.2 Å². The third-order valence-electron chi connectivity index (χ3n) is 6.71. The summed E-state index contributed by atoms with van der Waals surface area (Å²) in [5.74, 6) is 1.70. The van der Waals surface area contributed by atoms with Gasteiger partial charge < -0.3 is 19.3 Å². The second-order valence-electron chi connectivity index (χ2n) is 8.96. The average molecular weight is 437 g/mol. The molecule has 4 atom stereocenters. The molecular weight excluding hydrogens is 404 g/mol. The summed E-state index contributed by atoms with van der Waals surface area (Å²) in [6.07, 6.45) is 0.693. The molecule has 0 radical (unpaired) electrons. The quantitative estimate of drug-likeness (QED) is 0.620. The van der Waals surface area contributed by atoms with Gasteiger partial charge in [0.25, 0.3) is 11.8 Å². The molecule has 0 N–H and O–H groups in total. The van der Waals surface area contributed by atoms with Crippen molar-refractivity contribution >= 4 is 11.8 Å². The third-order valence-corrected chi connectivity index (χ3v) is 6.71. The average Bonchev–Trinajstić information content (AvgIpc) is 3.32. The van der Waals surface area contributed by atoms with E-state index in [0.717, 1.165) is 35.5 Å². The normalized spacial score (nSPS) is 23.0. The number of hydrogen-bond donors (Lipinski definition) is 0. The predicted molar refractivity (Wildman–Crippen MR) is 123 cm³/mol. The molecule has 2 aliphatic heterocycles. The zero-order valence-electron chi connectivity index (χ0n) is 19.3. The van der Waals surface area contributed by atoms with E-state index in [1.165, 1.54) is 0 Å². The van der Waals surface area contributed by atoms with Gasteiger partial charge in [-0.1, -0.05) is 50.2 Å². The van der Waals surface area contributed by atoms with Gasteiger partial charge >= 0.3 is 0 Å². The first-order valence-electron chi connectivity index (χ1n) is 11.4. The number of carbonyl (C=O) groups is 2. The van der Waals surface area contributed by atoms with Crippen molar-refractivity contribution < 1.29 is 19.1 Å². The highest BCUT2D eigenvalue weighted by Gasteiger charge is 2.38. The highest BCUT2D eigenvalue weighted by molar-refractivity contribution is 5.84. The molecule has 2 aliphatic rings. The van der Waals surface area contributed by atoms with Crippen molar-refractivity contribution in [2.45, 2.75) is 50.7 Å². The van der Waals surface area contributed by atoms with Crippen LogP contribution in [-0.2, 0) is 9.59 Å². The van der Waals surface area contributed by atoms with Gasteiger partial charge in [0.2, 0.25) is 0 Å². The lowest BCUT2D eigenvalue weighted by Crippen LogP contribution is -2.42. The molecule has 32 heavy (non-hydrogen) atoms. The number of fused-ring (bicyclic) bond motifs is 2. The minimum absolute atomic E-state index is 0.00377. The Balaban J connectivity index is 1.21. The molecular formula is C26H32N2O4. The fraction of sp³-hybridized carbons (Fsp3) is 0.462. The molecule has 0 saturated heterocycles. The van der Waals surface area contributed by atoms with Crippen molar-refractivity contribution in [3.63, 3.8) is 0 Å². The Hall–Kier alpha value is -3.02. The zero-order chi connectivity index (χ0) is 22.8. The van der Waals surface area contributed by atoms with Crippen LogP contribution in [-0.4, -0.2) is 61.0 Å². The molecule has 6 heteroatoms. The van der Waals surface area contributed by atoms with Gasteiger partial charge in [-0.15, -0.1) is 0 Å². The minimum Gasteiger partial charge on any atom is -0.480 e. The van der Waals surface area contributed by atoms with E-state index in [2.05, 4.69) is 0 Å². The molecule has 6 nitrogen and oxygen atoms in total. The number of hydrogen-bond acceptors (Lipinski definition) is 4. The number of para-hydroxylation sites is 2. The Morgan fingerprint density at radius 2 is 1.09 bits per heavy atom. The van der Waals surface area contributed by atoms with Crippen LogP contribution in [0.5, 0.6) is 11.5 Å². The van der Waals surface area contributed by atoms with Gasteiger partial charge in [-0.25, -0.2) is 0 Å². The first kappa shape index (κ1) is 22.2. The molecule has 4 rings (SSSR count). The summed E-state index contributed by atoms with van der Waals surface area (Å²) in [5, 5.41) is 0. The Kier molecular flexibility index (Phi) is 6.40. The first-order valence-corrected chi connectivity index (χ1v) is 11.4. The van der Waals surface area contributed by atoms with E-state index >= 15 is 0 Å². The van der Waals surface area contributed by atoms with Gasteiger partial charge in [-0.05, 0) is 25.0 Å². The maximum absolute atomic E-state index is 12.9. The largest absolute Gasteiger partial charge is 0.480 e. The van der Waals surface area contributed by atoms with Crippen LogP contribution in [0.1, 0.15) is 49.7 Å². The van der Waals surface area contributed by atoms with Gasteiger partial charge in [-0.3, -0.25) is 9.59 Å². The lowest BCUT2D eigenvalue weighted by atomic mass is 9.97. The zero-order valence-corrected chi connectivity index (χ0v) is 19.3. The van der Waals surface area contributed by atoms with E-state index in [1.54, 1.807) is 9.80 Å². The molecule has 0 aromatic heterocycles. The number of nitrogens with zero attached hydrogens (tertiary/aromatic N) is 2. The minimum atomic E-state index is -0.468. The van der Waals surface area contributed by atoms with Crippen LogP contribution in [0.25, 0.3) is 0 Å². The van der Waals surface area contributed by atoms with Crippen LogP contribution in [0, 0.1) is 0 Å². The van der Waals surface area contributed by atoms with Gasteiger partial charge in [0, 0.05) is 50.1 Å². The van der Waals surface area contributed by atoms with Crippen molar-refractivity contribution in [2.75, 3.05) is 27.2 Å². The number of rotatable bonds is 7. The Morgan fingerprint density at radius 3 is 1.47 bits per heavy atom. The Labute approximate surface area is 190 Å². The Bertz CT molecular complexity index is 912. The van der Waals surface area contributed by atoms with E-state index in [0.29, 0.717) is 13.1 Å². The third kappa shape index (κ3) is 4.18. The molecule has 0 fully saturated rings. The lowest BCUT2D eigenvalue weighted by Gasteiger charge is -2.25. The molecule has 0 saturated carbocycles. The number of amides is 2. The van der Waals surface area contributed by atoms with Gasteiger partial charge in [-0.2, -0.15) is 0 Å². The van der Waals surface area contributed by atoms with Crippen molar-refractivity contribution in [1.29, 1.82) is 0 Å². The van der Waals surface area contributed by atoms with Crippen LogP contribution < -0.4 is 9.47 Å². The number of ether oxygens (including phenoxy) is 2. The molecule has 2 aromatic carbocycles. The monoisotopic (exact) mass is 436 g/mol. The van der Waals surface area contributed by atoms with Crippen LogP contribution in [0.15, 0.2) is 48.5 Å². The van der Waals surface area contributed by atoms with E-state index in [4.69, 9.17) is 9.47 Å². The van der Waals surface area contributed by atoms with Crippen LogP contribution in [0.2, 0.25) is 0 Å². The Morgan fingerprint density at radius 1 is 0.719 bits per heavy atom. The van der Waals surface area contributed by atoms with Crippen LogP contribution in [0.3, 0.4) is 0 Å². The molecule has 2 aromatic rings. The molecule has 2 heterocycles. The summed E-state index contributed by atoms with van der Waals surface area (Å²) in [7, 11) is 3.64. The summed E-state index contributed by atoms with van der Waals surface area (Å²) in [6.45, 7) is 5.33. The molecule has 0 spiro atoms. The molecule has 2 amide bonds. The summed E-state index contributed by atoms with van der Waals surface area (Å²) in [4.78, 5) is 29.3. The van der Waals surface area contributed by atoms with Crippen LogP contribution >= 0.6 is 0 Å². The number of likely N-dealkylation sites (N-methyl/N-ethyl adjacent to an activating group) is 2. The summed E-state index contributed by atoms with van der Waals surface area (Å²) in [6, 6.07) is 15.7. The second-order valence-corrected chi connectivity index (χ2v) is 8.96. The predicted octanol–water partition coefficient (Wildman–Crippen LogP) is 3.81. The summed E-state index contributed by atoms with van der Waals surface area (Å²) < 4.78 is 11.8. The highest BCUT2D eigenvalue weighted by atomic mass is 16.5. The van der Waals surface area contributed by atoms with Crippen molar-refractivity contribution in [3.05, 3.63) is 59.7 Å². The summed E-state index contributed by atoms with van der Waals surface area (Å²) >= 11 is 0. The van der Waals surface area contributed by atoms with Gasteiger partial charge in [0.05, 0.1) is 0 Å². The molecule has 0 bridgehead atoms. The van der Waals surface area contributed by atoms with Crippen molar-refractivity contribution in [1.82, 2.24) is 9.80 Å².